The van der Waals surface area contributed by atoms with Crippen molar-refractivity contribution < 1.29 is 4.74 Å². The second-order valence-corrected chi connectivity index (χ2v) is 5.29. The standard InChI is InChI=1S/C15H17BrN2O/c1-10(11-3-6-13(19-2)7-4-11)18-15-8-5-12(16)9-14(15)17/h3-10,18H,17H2,1-2H3. The fourth-order valence-corrected chi connectivity index (χ4v) is 2.25. The topological polar surface area (TPSA) is 47.3 Å². The molecule has 2 aromatic rings. The number of anilines is 2. The molecule has 0 fully saturated rings. The van der Waals surface area contributed by atoms with Crippen molar-refractivity contribution in [3.63, 3.8) is 0 Å². The number of nitrogen functional groups attached to an aromatic ring is 1. The summed E-state index contributed by atoms with van der Waals surface area (Å²) in [6, 6.07) is 14.0. The molecule has 1 unspecified atom stereocenters. The first-order chi connectivity index (χ1) is 9.10. The summed E-state index contributed by atoms with van der Waals surface area (Å²) in [5.41, 5.74) is 8.83. The minimum atomic E-state index is 0.175. The third kappa shape index (κ3) is 3.41. The van der Waals surface area contributed by atoms with Crippen molar-refractivity contribution in [2.24, 2.45) is 0 Å². The lowest BCUT2D eigenvalue weighted by Gasteiger charge is -2.17. The molecule has 1 atom stereocenters. The van der Waals surface area contributed by atoms with E-state index in [1.165, 1.54) is 5.56 Å². The summed E-state index contributed by atoms with van der Waals surface area (Å²) < 4.78 is 6.13. The van der Waals surface area contributed by atoms with E-state index in [9.17, 15) is 0 Å². The van der Waals surface area contributed by atoms with Crippen molar-refractivity contribution in [1.29, 1.82) is 0 Å². The number of methoxy groups -OCH3 is 1. The van der Waals surface area contributed by atoms with E-state index in [-0.39, 0.29) is 6.04 Å². The van der Waals surface area contributed by atoms with Gasteiger partial charge in [0.05, 0.1) is 18.5 Å². The molecule has 0 amide bonds. The van der Waals surface area contributed by atoms with E-state index in [0.29, 0.717) is 0 Å². The zero-order chi connectivity index (χ0) is 13.8. The quantitative estimate of drug-likeness (QED) is 0.829. The minimum absolute atomic E-state index is 0.175. The van der Waals surface area contributed by atoms with E-state index in [1.807, 2.05) is 42.5 Å². The van der Waals surface area contributed by atoms with Crippen LogP contribution < -0.4 is 15.8 Å². The van der Waals surface area contributed by atoms with Crippen molar-refractivity contribution in [3.8, 4) is 5.75 Å². The van der Waals surface area contributed by atoms with Crippen molar-refractivity contribution in [2.75, 3.05) is 18.2 Å². The molecule has 0 aliphatic rings. The average molecular weight is 321 g/mol. The molecular formula is C15H17BrN2O. The predicted octanol–water partition coefficient (Wildman–Crippen LogP) is 4.21. The van der Waals surface area contributed by atoms with E-state index in [2.05, 4.69) is 28.2 Å². The van der Waals surface area contributed by atoms with Gasteiger partial charge in [0.25, 0.3) is 0 Å². The average Bonchev–Trinajstić information content (AvgIpc) is 2.42. The van der Waals surface area contributed by atoms with Gasteiger partial charge in [0.2, 0.25) is 0 Å². The molecule has 100 valence electrons. The first kappa shape index (κ1) is 13.7. The van der Waals surface area contributed by atoms with E-state index < -0.39 is 0 Å². The van der Waals surface area contributed by atoms with Gasteiger partial charge in [-0.3, -0.25) is 0 Å². The maximum absolute atomic E-state index is 5.98. The number of nitrogens with one attached hydrogen (secondary N) is 1. The Hall–Kier alpha value is -1.68. The van der Waals surface area contributed by atoms with Crippen molar-refractivity contribution >= 4 is 27.3 Å². The maximum atomic E-state index is 5.98. The first-order valence-electron chi connectivity index (χ1n) is 6.05. The van der Waals surface area contributed by atoms with Crippen molar-refractivity contribution in [3.05, 3.63) is 52.5 Å². The van der Waals surface area contributed by atoms with Gasteiger partial charge in [-0.2, -0.15) is 0 Å². The molecular weight excluding hydrogens is 304 g/mol. The van der Waals surface area contributed by atoms with Crippen LogP contribution in [0.4, 0.5) is 11.4 Å². The molecule has 0 aliphatic heterocycles. The van der Waals surface area contributed by atoms with Crippen LogP contribution in [0.2, 0.25) is 0 Å². The predicted molar refractivity (Wildman–Crippen MR) is 83.6 cm³/mol. The molecule has 3 N–H and O–H groups in total. The van der Waals surface area contributed by atoms with Crippen LogP contribution in [0, 0.1) is 0 Å². The van der Waals surface area contributed by atoms with Gasteiger partial charge in [0, 0.05) is 10.5 Å². The van der Waals surface area contributed by atoms with Crippen molar-refractivity contribution in [1.82, 2.24) is 0 Å². The highest BCUT2D eigenvalue weighted by molar-refractivity contribution is 9.10. The molecule has 0 aromatic heterocycles. The lowest BCUT2D eigenvalue weighted by molar-refractivity contribution is 0.414. The number of ether oxygens (including phenoxy) is 1. The Morgan fingerprint density at radius 1 is 1.16 bits per heavy atom. The van der Waals surface area contributed by atoms with Gasteiger partial charge in [-0.15, -0.1) is 0 Å². The van der Waals surface area contributed by atoms with Gasteiger partial charge >= 0.3 is 0 Å². The second kappa shape index (κ2) is 5.97. The minimum Gasteiger partial charge on any atom is -0.497 e. The molecule has 0 spiro atoms. The summed E-state index contributed by atoms with van der Waals surface area (Å²) >= 11 is 3.40. The Labute approximate surface area is 121 Å². The number of halogens is 1. The number of nitrogens with two attached hydrogens (primary N) is 1. The number of hydrogen-bond donors (Lipinski definition) is 2. The monoisotopic (exact) mass is 320 g/mol. The smallest absolute Gasteiger partial charge is 0.118 e. The maximum Gasteiger partial charge on any atom is 0.118 e. The molecule has 2 aromatic carbocycles. The molecule has 4 heteroatoms. The van der Waals surface area contributed by atoms with Gasteiger partial charge in [-0.05, 0) is 42.8 Å². The normalized spacial score (nSPS) is 11.9. The van der Waals surface area contributed by atoms with E-state index in [0.717, 1.165) is 21.6 Å². The highest BCUT2D eigenvalue weighted by Crippen LogP contribution is 2.27. The fourth-order valence-electron chi connectivity index (χ4n) is 1.87. The summed E-state index contributed by atoms with van der Waals surface area (Å²) in [4.78, 5) is 0. The van der Waals surface area contributed by atoms with E-state index in [1.54, 1.807) is 7.11 Å². The highest BCUT2D eigenvalue weighted by Gasteiger charge is 2.07. The fraction of sp³-hybridized carbons (Fsp3) is 0.200. The molecule has 19 heavy (non-hydrogen) atoms. The number of benzene rings is 2. The summed E-state index contributed by atoms with van der Waals surface area (Å²) in [7, 11) is 1.67. The van der Waals surface area contributed by atoms with Crippen LogP contribution in [0.25, 0.3) is 0 Å². The Balaban J connectivity index is 2.13. The molecule has 2 rings (SSSR count). The third-order valence-electron chi connectivity index (χ3n) is 3.00. The summed E-state index contributed by atoms with van der Waals surface area (Å²) in [6.07, 6.45) is 0. The molecule has 0 saturated carbocycles. The third-order valence-corrected chi connectivity index (χ3v) is 3.49. The van der Waals surface area contributed by atoms with Crippen molar-refractivity contribution in [2.45, 2.75) is 13.0 Å². The summed E-state index contributed by atoms with van der Waals surface area (Å²) in [5.74, 6) is 0.860. The first-order valence-corrected chi connectivity index (χ1v) is 6.85. The zero-order valence-electron chi connectivity index (χ0n) is 11.0. The highest BCUT2D eigenvalue weighted by atomic mass is 79.9. The van der Waals surface area contributed by atoms with Crippen LogP contribution in [0.15, 0.2) is 46.9 Å². The molecule has 0 aliphatic carbocycles. The Morgan fingerprint density at radius 2 is 1.84 bits per heavy atom. The van der Waals surface area contributed by atoms with Gasteiger partial charge in [-0.25, -0.2) is 0 Å². The molecule has 0 heterocycles. The molecule has 0 saturated heterocycles. The van der Waals surface area contributed by atoms with Gasteiger partial charge in [0.1, 0.15) is 5.75 Å². The summed E-state index contributed by atoms with van der Waals surface area (Å²) in [6.45, 7) is 2.10. The lowest BCUT2D eigenvalue weighted by atomic mass is 10.1. The van der Waals surface area contributed by atoms with Crippen LogP contribution in [0.1, 0.15) is 18.5 Å². The van der Waals surface area contributed by atoms with Crippen LogP contribution >= 0.6 is 15.9 Å². The van der Waals surface area contributed by atoms with Gasteiger partial charge in [-0.1, -0.05) is 28.1 Å². The Kier molecular flexibility index (Phi) is 4.32. The molecule has 0 radical (unpaired) electrons. The molecule has 3 nitrogen and oxygen atoms in total. The van der Waals surface area contributed by atoms with Gasteiger partial charge < -0.3 is 15.8 Å². The molecule has 0 bridgehead atoms. The summed E-state index contributed by atoms with van der Waals surface area (Å²) in [5, 5.41) is 3.40. The Morgan fingerprint density at radius 3 is 2.42 bits per heavy atom. The SMILES string of the molecule is COc1ccc(C(C)Nc2ccc(Br)cc2N)cc1. The van der Waals surface area contributed by atoms with E-state index >= 15 is 0 Å². The second-order valence-electron chi connectivity index (χ2n) is 4.37. The van der Waals surface area contributed by atoms with Gasteiger partial charge in [0.15, 0.2) is 0 Å². The number of hydrogen-bond acceptors (Lipinski definition) is 3. The van der Waals surface area contributed by atoms with Crippen LogP contribution in [-0.4, -0.2) is 7.11 Å². The van der Waals surface area contributed by atoms with Crippen LogP contribution in [0.5, 0.6) is 5.75 Å². The zero-order valence-corrected chi connectivity index (χ0v) is 12.6. The number of rotatable bonds is 4. The van der Waals surface area contributed by atoms with Crippen LogP contribution in [-0.2, 0) is 0 Å². The largest absolute Gasteiger partial charge is 0.497 e. The van der Waals surface area contributed by atoms with Crippen LogP contribution in [0.3, 0.4) is 0 Å². The Bertz CT molecular complexity index is 555. The van der Waals surface area contributed by atoms with E-state index in [4.69, 9.17) is 10.5 Å². The lowest BCUT2D eigenvalue weighted by Crippen LogP contribution is -2.08.